The summed E-state index contributed by atoms with van der Waals surface area (Å²) in [5, 5.41) is 3.61. The zero-order chi connectivity index (χ0) is 11.3. The van der Waals surface area contributed by atoms with Gasteiger partial charge in [-0.2, -0.15) is 18.3 Å². The van der Waals surface area contributed by atoms with Gasteiger partial charge in [-0.25, -0.2) is 0 Å². The van der Waals surface area contributed by atoms with Crippen LogP contribution in [0.4, 0.5) is 18.9 Å². The van der Waals surface area contributed by atoms with Gasteiger partial charge in [-0.15, -0.1) is 11.6 Å². The van der Waals surface area contributed by atoms with Gasteiger partial charge in [0.2, 0.25) is 0 Å². The Kier molecular flexibility index (Phi) is 3.96. The van der Waals surface area contributed by atoms with E-state index in [-0.39, 0.29) is 11.6 Å². The van der Waals surface area contributed by atoms with E-state index in [0.717, 1.165) is 12.1 Å². The quantitative estimate of drug-likeness (QED) is 0.486. The minimum Gasteiger partial charge on any atom is -0.279 e. The first-order chi connectivity index (χ1) is 7.04. The van der Waals surface area contributed by atoms with Crippen LogP contribution < -0.4 is 5.43 Å². The fraction of sp³-hybridized carbons (Fsp3) is 0.222. The number of nitrogens with one attached hydrogen (secondary N) is 1. The predicted octanol–water partition coefficient (Wildman–Crippen LogP) is 3.34. The van der Waals surface area contributed by atoms with E-state index in [1.54, 1.807) is 0 Å². The molecular weight excluding hydrogens is 229 g/mol. The van der Waals surface area contributed by atoms with Crippen molar-refractivity contribution in [1.82, 2.24) is 0 Å². The summed E-state index contributed by atoms with van der Waals surface area (Å²) >= 11 is 5.30. The zero-order valence-electron chi connectivity index (χ0n) is 7.55. The summed E-state index contributed by atoms with van der Waals surface area (Å²) in [6, 6.07) is 4.77. The Hall–Kier alpha value is -1.23. The summed E-state index contributed by atoms with van der Waals surface area (Å²) in [5.41, 5.74) is 2.00. The molecule has 1 rings (SSSR count). The molecule has 6 heteroatoms. The first-order valence-electron chi connectivity index (χ1n) is 4.05. The minimum absolute atomic E-state index is 0.200. The Morgan fingerprint density at radius 1 is 1.40 bits per heavy atom. The van der Waals surface area contributed by atoms with Gasteiger partial charge in [0.15, 0.2) is 0 Å². The number of alkyl halides is 4. The lowest BCUT2D eigenvalue weighted by atomic mass is 10.2. The summed E-state index contributed by atoms with van der Waals surface area (Å²) in [6.07, 6.45) is -2.99. The van der Waals surface area contributed by atoms with Gasteiger partial charge in [0.1, 0.15) is 0 Å². The lowest BCUT2D eigenvalue weighted by Crippen LogP contribution is -2.05. The largest absolute Gasteiger partial charge is 0.416 e. The maximum absolute atomic E-state index is 12.3. The normalized spacial score (nSPS) is 12.0. The van der Waals surface area contributed by atoms with Crippen LogP contribution in [0.15, 0.2) is 29.4 Å². The van der Waals surface area contributed by atoms with Crippen molar-refractivity contribution < 1.29 is 13.2 Å². The summed E-state index contributed by atoms with van der Waals surface area (Å²) in [7, 11) is 0. The summed E-state index contributed by atoms with van der Waals surface area (Å²) < 4.78 is 36.8. The van der Waals surface area contributed by atoms with Crippen LogP contribution in [0.2, 0.25) is 0 Å². The summed E-state index contributed by atoms with van der Waals surface area (Å²) in [5.74, 6) is 0.200. The highest BCUT2D eigenvalue weighted by molar-refractivity contribution is 6.24. The molecule has 0 saturated heterocycles. The molecule has 0 unspecified atom stereocenters. The number of halogens is 4. The molecule has 1 aromatic carbocycles. The van der Waals surface area contributed by atoms with Gasteiger partial charge in [0.05, 0.1) is 17.1 Å². The smallest absolute Gasteiger partial charge is 0.279 e. The third-order valence-electron chi connectivity index (χ3n) is 1.54. The molecular formula is C9H8ClF3N2. The Morgan fingerprint density at radius 3 is 2.73 bits per heavy atom. The van der Waals surface area contributed by atoms with Crippen molar-refractivity contribution in [3.63, 3.8) is 0 Å². The van der Waals surface area contributed by atoms with E-state index < -0.39 is 11.7 Å². The monoisotopic (exact) mass is 236 g/mol. The molecule has 0 atom stereocenters. The standard InChI is InChI=1S/C9H8ClF3N2/c10-4-5-14-15-8-3-1-2-7(6-8)9(11,12)13/h1-3,5-6,15H,4H2. The first-order valence-corrected chi connectivity index (χ1v) is 4.58. The van der Waals surface area contributed by atoms with Crippen LogP contribution in [0.3, 0.4) is 0 Å². The third-order valence-corrected chi connectivity index (χ3v) is 1.68. The first kappa shape index (κ1) is 11.8. The maximum atomic E-state index is 12.3. The Labute approximate surface area is 89.7 Å². The molecule has 1 aromatic rings. The molecule has 0 fully saturated rings. The van der Waals surface area contributed by atoms with E-state index in [2.05, 4.69) is 10.5 Å². The lowest BCUT2D eigenvalue weighted by Gasteiger charge is -2.07. The summed E-state index contributed by atoms with van der Waals surface area (Å²) in [4.78, 5) is 0. The van der Waals surface area contributed by atoms with Crippen molar-refractivity contribution in [2.75, 3.05) is 11.3 Å². The van der Waals surface area contributed by atoms with Crippen molar-refractivity contribution in [2.45, 2.75) is 6.18 Å². The van der Waals surface area contributed by atoms with Crippen molar-refractivity contribution >= 4 is 23.5 Å². The third kappa shape index (κ3) is 3.79. The minimum atomic E-state index is -4.34. The molecule has 15 heavy (non-hydrogen) atoms. The molecule has 82 valence electrons. The Balaban J connectivity index is 2.79. The van der Waals surface area contributed by atoms with E-state index in [1.165, 1.54) is 18.3 Å². The molecule has 0 spiro atoms. The van der Waals surface area contributed by atoms with E-state index in [4.69, 9.17) is 11.6 Å². The number of nitrogens with zero attached hydrogens (tertiary/aromatic N) is 1. The van der Waals surface area contributed by atoms with Crippen molar-refractivity contribution in [1.29, 1.82) is 0 Å². The topological polar surface area (TPSA) is 24.4 Å². The molecule has 2 nitrogen and oxygen atoms in total. The van der Waals surface area contributed by atoms with Gasteiger partial charge in [-0.1, -0.05) is 6.07 Å². The van der Waals surface area contributed by atoms with Gasteiger partial charge < -0.3 is 0 Å². The SMILES string of the molecule is FC(F)(F)c1cccc(NN=CCCl)c1. The number of anilines is 1. The Morgan fingerprint density at radius 2 is 2.13 bits per heavy atom. The van der Waals surface area contributed by atoms with E-state index in [9.17, 15) is 13.2 Å². The second kappa shape index (κ2) is 5.02. The maximum Gasteiger partial charge on any atom is 0.416 e. The second-order valence-corrected chi connectivity index (χ2v) is 2.96. The number of benzene rings is 1. The molecule has 0 amide bonds. The van der Waals surface area contributed by atoms with E-state index in [1.807, 2.05) is 0 Å². The molecule has 0 aliphatic heterocycles. The number of hydrogen-bond donors (Lipinski definition) is 1. The zero-order valence-corrected chi connectivity index (χ0v) is 8.31. The number of hydrogen-bond acceptors (Lipinski definition) is 2. The molecule has 0 bridgehead atoms. The fourth-order valence-corrected chi connectivity index (χ4v) is 0.989. The highest BCUT2D eigenvalue weighted by atomic mass is 35.5. The van der Waals surface area contributed by atoms with Gasteiger partial charge in [0.25, 0.3) is 0 Å². The number of hydrazone groups is 1. The Bertz CT molecular complexity index is 349. The van der Waals surface area contributed by atoms with Crippen LogP contribution in [-0.4, -0.2) is 12.1 Å². The second-order valence-electron chi connectivity index (χ2n) is 2.66. The van der Waals surface area contributed by atoms with Crippen molar-refractivity contribution in [3.05, 3.63) is 29.8 Å². The molecule has 0 aliphatic rings. The summed E-state index contributed by atoms with van der Waals surface area (Å²) in [6.45, 7) is 0. The van der Waals surface area contributed by atoms with Crippen LogP contribution in [0.5, 0.6) is 0 Å². The van der Waals surface area contributed by atoms with Crippen molar-refractivity contribution in [2.24, 2.45) is 5.10 Å². The molecule has 0 radical (unpaired) electrons. The highest BCUT2D eigenvalue weighted by Gasteiger charge is 2.30. The van der Waals surface area contributed by atoms with Gasteiger partial charge in [-0.3, -0.25) is 5.43 Å². The average Bonchev–Trinajstić information content (AvgIpc) is 2.17. The highest BCUT2D eigenvalue weighted by Crippen LogP contribution is 2.30. The lowest BCUT2D eigenvalue weighted by molar-refractivity contribution is -0.137. The molecule has 0 heterocycles. The van der Waals surface area contributed by atoms with E-state index in [0.29, 0.717) is 0 Å². The fourth-order valence-electron chi connectivity index (χ4n) is 0.920. The van der Waals surface area contributed by atoms with Crippen LogP contribution in [0.1, 0.15) is 5.56 Å². The molecule has 0 aromatic heterocycles. The molecule has 0 saturated carbocycles. The van der Waals surface area contributed by atoms with Crippen molar-refractivity contribution in [3.8, 4) is 0 Å². The van der Waals surface area contributed by atoms with Crippen LogP contribution >= 0.6 is 11.6 Å². The van der Waals surface area contributed by atoms with Crippen LogP contribution in [0, 0.1) is 0 Å². The van der Waals surface area contributed by atoms with Gasteiger partial charge in [-0.05, 0) is 18.2 Å². The van der Waals surface area contributed by atoms with E-state index >= 15 is 0 Å². The van der Waals surface area contributed by atoms with Gasteiger partial charge in [0, 0.05) is 6.21 Å². The number of rotatable bonds is 3. The van der Waals surface area contributed by atoms with Crippen LogP contribution in [-0.2, 0) is 6.18 Å². The predicted molar refractivity (Wildman–Crippen MR) is 54.3 cm³/mol. The molecule has 0 aliphatic carbocycles. The van der Waals surface area contributed by atoms with Gasteiger partial charge >= 0.3 is 6.18 Å². The molecule has 1 N–H and O–H groups in total. The average molecular weight is 237 g/mol. The van der Waals surface area contributed by atoms with Crippen LogP contribution in [0.25, 0.3) is 0 Å².